The maximum Gasteiger partial charge on any atom is 0.191 e. The van der Waals surface area contributed by atoms with E-state index in [4.69, 9.17) is 19.9 Å². The molecular weight excluding hydrogens is 258 g/mol. The van der Waals surface area contributed by atoms with E-state index in [-0.39, 0.29) is 11.9 Å². The van der Waals surface area contributed by atoms with Crippen molar-refractivity contribution in [1.82, 2.24) is 4.90 Å². The van der Waals surface area contributed by atoms with E-state index in [1.807, 2.05) is 0 Å². The van der Waals surface area contributed by atoms with E-state index in [0.717, 1.165) is 39.1 Å². The Hall–Kier alpha value is -0.850. The van der Waals surface area contributed by atoms with Crippen LogP contribution in [0.5, 0.6) is 0 Å². The Morgan fingerprint density at radius 1 is 1.20 bits per heavy atom. The van der Waals surface area contributed by atoms with Crippen LogP contribution in [0.1, 0.15) is 32.1 Å². The Labute approximate surface area is 120 Å². The highest BCUT2D eigenvalue weighted by molar-refractivity contribution is 5.78. The average molecular weight is 283 g/mol. The lowest BCUT2D eigenvalue weighted by atomic mass is 9.94. The molecule has 2 heterocycles. The number of hydrogen-bond acceptors (Lipinski definition) is 4. The van der Waals surface area contributed by atoms with Crippen LogP contribution in [-0.2, 0) is 14.2 Å². The van der Waals surface area contributed by atoms with E-state index in [2.05, 4.69) is 9.89 Å². The summed E-state index contributed by atoms with van der Waals surface area (Å²) in [5.74, 6) is 0.285. The summed E-state index contributed by atoms with van der Waals surface area (Å²) in [5.41, 5.74) is 6.02. The fourth-order valence-electron chi connectivity index (χ4n) is 3.15. The summed E-state index contributed by atoms with van der Waals surface area (Å²) in [6.45, 7) is 4.32. The highest BCUT2D eigenvalue weighted by Gasteiger charge is 2.42. The normalized spacial score (nSPS) is 30.9. The standard InChI is InChI=1S/C14H25N3O3/c15-13(17-6-8-18-9-7-17)16-10-12-11-19-14(20-12)4-2-1-3-5-14/h12H,1-11H2,(H2,15,16). The van der Waals surface area contributed by atoms with Crippen molar-refractivity contribution in [3.05, 3.63) is 0 Å². The fourth-order valence-corrected chi connectivity index (χ4v) is 3.15. The van der Waals surface area contributed by atoms with Gasteiger partial charge >= 0.3 is 0 Å². The molecule has 2 aliphatic heterocycles. The van der Waals surface area contributed by atoms with E-state index >= 15 is 0 Å². The molecular formula is C14H25N3O3. The van der Waals surface area contributed by atoms with Gasteiger partial charge in [-0.05, 0) is 12.8 Å². The minimum absolute atomic E-state index is 0.0488. The van der Waals surface area contributed by atoms with Gasteiger partial charge < -0.3 is 24.8 Å². The first kappa shape index (κ1) is 14.1. The summed E-state index contributed by atoms with van der Waals surface area (Å²) in [6.07, 6.45) is 5.78. The summed E-state index contributed by atoms with van der Waals surface area (Å²) in [5, 5.41) is 0. The van der Waals surface area contributed by atoms with Crippen LogP contribution in [0.4, 0.5) is 0 Å². The third kappa shape index (κ3) is 3.24. The van der Waals surface area contributed by atoms with Crippen LogP contribution >= 0.6 is 0 Å². The monoisotopic (exact) mass is 283 g/mol. The van der Waals surface area contributed by atoms with Crippen LogP contribution in [0.15, 0.2) is 4.99 Å². The first-order valence-electron chi connectivity index (χ1n) is 7.72. The van der Waals surface area contributed by atoms with Gasteiger partial charge in [-0.2, -0.15) is 0 Å². The minimum atomic E-state index is -0.313. The quantitative estimate of drug-likeness (QED) is 0.597. The summed E-state index contributed by atoms with van der Waals surface area (Å²) in [7, 11) is 0. The zero-order valence-corrected chi connectivity index (χ0v) is 12.1. The van der Waals surface area contributed by atoms with Gasteiger partial charge in [-0.25, -0.2) is 0 Å². The van der Waals surface area contributed by atoms with Crippen molar-refractivity contribution in [1.29, 1.82) is 0 Å². The van der Waals surface area contributed by atoms with Gasteiger partial charge in [0.2, 0.25) is 0 Å². The number of nitrogens with two attached hydrogens (primary N) is 1. The summed E-state index contributed by atoms with van der Waals surface area (Å²) in [4.78, 5) is 6.53. The Balaban J connectivity index is 1.48. The first-order chi connectivity index (χ1) is 9.77. The predicted octanol–water partition coefficient (Wildman–Crippen LogP) is 0.709. The molecule has 2 N–H and O–H groups in total. The van der Waals surface area contributed by atoms with Crippen molar-refractivity contribution in [2.75, 3.05) is 39.5 Å². The third-order valence-electron chi connectivity index (χ3n) is 4.32. The van der Waals surface area contributed by atoms with Crippen LogP contribution in [0.25, 0.3) is 0 Å². The molecule has 0 bridgehead atoms. The predicted molar refractivity (Wildman–Crippen MR) is 75.5 cm³/mol. The third-order valence-corrected chi connectivity index (χ3v) is 4.32. The van der Waals surface area contributed by atoms with Crippen molar-refractivity contribution in [3.63, 3.8) is 0 Å². The zero-order chi connectivity index (χ0) is 13.8. The molecule has 6 heteroatoms. The van der Waals surface area contributed by atoms with E-state index in [1.165, 1.54) is 19.3 Å². The smallest absolute Gasteiger partial charge is 0.191 e. The number of guanidine groups is 1. The maximum atomic E-state index is 6.10. The van der Waals surface area contributed by atoms with Crippen molar-refractivity contribution in [3.8, 4) is 0 Å². The van der Waals surface area contributed by atoms with Crippen molar-refractivity contribution < 1.29 is 14.2 Å². The Morgan fingerprint density at radius 3 is 2.70 bits per heavy atom. The Bertz CT molecular complexity index is 350. The van der Waals surface area contributed by atoms with Gasteiger partial charge in [-0.15, -0.1) is 0 Å². The van der Waals surface area contributed by atoms with E-state index in [9.17, 15) is 0 Å². The maximum absolute atomic E-state index is 6.10. The highest BCUT2D eigenvalue weighted by atomic mass is 16.7. The first-order valence-corrected chi connectivity index (χ1v) is 7.72. The van der Waals surface area contributed by atoms with E-state index in [1.54, 1.807) is 0 Å². The molecule has 0 aromatic carbocycles. The van der Waals surface area contributed by atoms with Crippen LogP contribution in [0, 0.1) is 0 Å². The van der Waals surface area contributed by atoms with Gasteiger partial charge in [0.25, 0.3) is 0 Å². The van der Waals surface area contributed by atoms with Crippen molar-refractivity contribution >= 4 is 5.96 Å². The van der Waals surface area contributed by atoms with Gasteiger partial charge in [0.15, 0.2) is 11.7 Å². The lowest BCUT2D eigenvalue weighted by Gasteiger charge is -2.31. The molecule has 114 valence electrons. The number of hydrogen-bond donors (Lipinski definition) is 1. The lowest BCUT2D eigenvalue weighted by molar-refractivity contribution is -0.186. The van der Waals surface area contributed by atoms with Crippen molar-refractivity contribution in [2.24, 2.45) is 10.7 Å². The molecule has 3 rings (SSSR count). The number of morpholine rings is 1. The van der Waals surface area contributed by atoms with Gasteiger partial charge in [0.1, 0.15) is 6.10 Å². The Kier molecular flexibility index (Phi) is 4.43. The fraction of sp³-hybridized carbons (Fsp3) is 0.929. The molecule has 6 nitrogen and oxygen atoms in total. The summed E-state index contributed by atoms with van der Waals surface area (Å²) in [6, 6.07) is 0. The molecule has 0 aromatic rings. The SMILES string of the molecule is NC(=NCC1COC2(CCCCC2)O1)N1CCOCC1. The van der Waals surface area contributed by atoms with Gasteiger partial charge in [-0.3, -0.25) is 4.99 Å². The second-order valence-corrected chi connectivity index (χ2v) is 5.82. The Morgan fingerprint density at radius 2 is 1.95 bits per heavy atom. The molecule has 1 unspecified atom stereocenters. The lowest BCUT2D eigenvalue weighted by Crippen LogP contribution is -2.45. The molecule has 3 aliphatic rings. The number of ether oxygens (including phenoxy) is 3. The molecule has 2 saturated heterocycles. The van der Waals surface area contributed by atoms with Crippen molar-refractivity contribution in [2.45, 2.75) is 44.0 Å². The number of aliphatic imine (C=N–C) groups is 1. The van der Waals surface area contributed by atoms with Gasteiger partial charge in [0.05, 0.1) is 26.4 Å². The number of nitrogens with zero attached hydrogens (tertiary/aromatic N) is 2. The van der Waals surface area contributed by atoms with Gasteiger partial charge in [0, 0.05) is 25.9 Å². The summed E-state index contributed by atoms with van der Waals surface area (Å²) < 4.78 is 17.3. The molecule has 1 spiro atoms. The minimum Gasteiger partial charge on any atom is -0.378 e. The van der Waals surface area contributed by atoms with E-state index in [0.29, 0.717) is 19.1 Å². The van der Waals surface area contributed by atoms with Crippen LogP contribution < -0.4 is 5.73 Å². The molecule has 20 heavy (non-hydrogen) atoms. The van der Waals surface area contributed by atoms with Gasteiger partial charge in [-0.1, -0.05) is 6.42 Å². The largest absolute Gasteiger partial charge is 0.378 e. The molecule has 0 radical (unpaired) electrons. The molecule has 1 saturated carbocycles. The molecule has 0 aromatic heterocycles. The molecule has 3 fully saturated rings. The molecule has 1 atom stereocenters. The second-order valence-electron chi connectivity index (χ2n) is 5.82. The average Bonchev–Trinajstić information content (AvgIpc) is 2.89. The molecule has 1 aliphatic carbocycles. The zero-order valence-electron chi connectivity index (χ0n) is 12.1. The summed E-state index contributed by atoms with van der Waals surface area (Å²) >= 11 is 0. The second kappa shape index (κ2) is 6.28. The van der Waals surface area contributed by atoms with Crippen LogP contribution in [-0.4, -0.2) is 62.2 Å². The van der Waals surface area contributed by atoms with Crippen LogP contribution in [0.3, 0.4) is 0 Å². The van der Waals surface area contributed by atoms with Crippen LogP contribution in [0.2, 0.25) is 0 Å². The number of rotatable bonds is 2. The highest BCUT2D eigenvalue weighted by Crippen LogP contribution is 2.37. The topological polar surface area (TPSA) is 69.3 Å². The van der Waals surface area contributed by atoms with E-state index < -0.39 is 0 Å². The molecule has 0 amide bonds.